The summed E-state index contributed by atoms with van der Waals surface area (Å²) in [7, 11) is 0. The number of nitrogens with zero attached hydrogens (tertiary/aromatic N) is 3. The van der Waals surface area contributed by atoms with Crippen LogP contribution in [0.15, 0.2) is 31.1 Å². The van der Waals surface area contributed by atoms with Crippen LogP contribution in [0.25, 0.3) is 5.65 Å². The molecule has 3 rings (SSSR count). The van der Waals surface area contributed by atoms with Crippen molar-refractivity contribution in [2.45, 2.75) is 37.8 Å². The van der Waals surface area contributed by atoms with Crippen LogP contribution in [-0.2, 0) is 0 Å². The topological polar surface area (TPSA) is 80.3 Å². The quantitative estimate of drug-likeness (QED) is 0.733. The van der Waals surface area contributed by atoms with E-state index in [1.54, 1.807) is 10.7 Å². The van der Waals surface area contributed by atoms with Crippen LogP contribution in [0.5, 0.6) is 0 Å². The predicted octanol–water partition coefficient (Wildman–Crippen LogP) is 2.01. The van der Waals surface area contributed by atoms with Gasteiger partial charge in [-0.2, -0.15) is 0 Å². The van der Waals surface area contributed by atoms with E-state index in [1.165, 1.54) is 0 Å². The van der Waals surface area contributed by atoms with Crippen molar-refractivity contribution in [1.82, 2.24) is 14.6 Å². The fourth-order valence-corrected chi connectivity index (χ4v) is 2.77. The van der Waals surface area contributed by atoms with Gasteiger partial charge in [-0.3, -0.25) is 0 Å². The summed E-state index contributed by atoms with van der Waals surface area (Å²) in [5, 5.41) is 11.4. The van der Waals surface area contributed by atoms with E-state index in [9.17, 15) is 0 Å². The molecule has 0 amide bonds. The van der Waals surface area contributed by atoms with Gasteiger partial charge >= 0.3 is 0 Å². The first-order valence-corrected chi connectivity index (χ1v) is 7.47. The minimum absolute atomic E-state index is 0.358. The van der Waals surface area contributed by atoms with E-state index in [2.05, 4.69) is 27.3 Å². The number of hydrogen-bond acceptors (Lipinski definition) is 5. The van der Waals surface area contributed by atoms with E-state index in [1.807, 2.05) is 18.3 Å². The Kier molecular flexibility index (Phi) is 4.06. The number of nitrogens with two attached hydrogens (primary N) is 1. The maximum Gasteiger partial charge on any atom is 0.177 e. The highest BCUT2D eigenvalue weighted by Crippen LogP contribution is 2.23. The molecule has 1 aliphatic rings. The number of rotatable bonds is 5. The first kappa shape index (κ1) is 13.9. The van der Waals surface area contributed by atoms with Crippen molar-refractivity contribution in [3.63, 3.8) is 0 Å². The molecule has 0 spiro atoms. The summed E-state index contributed by atoms with van der Waals surface area (Å²) in [5.74, 6) is 0.868. The van der Waals surface area contributed by atoms with Crippen molar-refractivity contribution < 1.29 is 0 Å². The van der Waals surface area contributed by atoms with Crippen molar-refractivity contribution in [3.05, 3.63) is 31.1 Å². The summed E-state index contributed by atoms with van der Waals surface area (Å²) in [6, 6.07) is 2.82. The minimum atomic E-state index is 0.358. The number of hydrogen-bond donors (Lipinski definition) is 3. The fourth-order valence-electron chi connectivity index (χ4n) is 2.77. The number of nitrogens with one attached hydrogen (secondary N) is 2. The van der Waals surface area contributed by atoms with Crippen molar-refractivity contribution >= 4 is 17.2 Å². The Labute approximate surface area is 124 Å². The van der Waals surface area contributed by atoms with Gasteiger partial charge in [0.05, 0.1) is 5.69 Å². The zero-order valence-electron chi connectivity index (χ0n) is 12.1. The third-order valence-corrected chi connectivity index (χ3v) is 3.92. The molecule has 1 aliphatic carbocycles. The second-order valence-electron chi connectivity index (χ2n) is 5.56. The Morgan fingerprint density at radius 3 is 2.95 bits per heavy atom. The van der Waals surface area contributed by atoms with Crippen LogP contribution in [0.1, 0.15) is 25.7 Å². The Morgan fingerprint density at radius 2 is 2.19 bits per heavy atom. The van der Waals surface area contributed by atoms with Gasteiger partial charge in [-0.15, -0.1) is 11.7 Å². The van der Waals surface area contributed by atoms with Crippen molar-refractivity contribution in [2.24, 2.45) is 5.73 Å². The van der Waals surface area contributed by atoms with E-state index in [-0.39, 0.29) is 0 Å². The molecule has 1 fully saturated rings. The molecule has 6 nitrogen and oxygen atoms in total. The number of imidazole rings is 1. The summed E-state index contributed by atoms with van der Waals surface area (Å²) < 4.78 is 1.79. The molecule has 2 aromatic rings. The predicted molar refractivity (Wildman–Crippen MR) is 85.5 cm³/mol. The standard InChI is InChI=1S/C15H22N6/c1-2-7-17-13-10-14(20-21-9-8-18-15(13)21)19-12-5-3-11(16)4-6-12/h2,8-12,17H,1,3-7,16H2,(H,19,20). The first-order valence-electron chi connectivity index (χ1n) is 7.47. The molecule has 0 radical (unpaired) electrons. The van der Waals surface area contributed by atoms with Crippen LogP contribution >= 0.6 is 0 Å². The lowest BCUT2D eigenvalue weighted by atomic mass is 9.92. The van der Waals surface area contributed by atoms with Gasteiger partial charge < -0.3 is 16.4 Å². The second kappa shape index (κ2) is 6.13. The Balaban J connectivity index is 1.79. The maximum atomic E-state index is 5.95. The van der Waals surface area contributed by atoms with E-state index >= 15 is 0 Å². The average Bonchev–Trinajstić information content (AvgIpc) is 2.95. The fraction of sp³-hybridized carbons (Fsp3) is 0.467. The smallest absolute Gasteiger partial charge is 0.177 e. The number of fused-ring (bicyclic) bond motifs is 1. The third kappa shape index (κ3) is 3.16. The summed E-state index contributed by atoms with van der Waals surface area (Å²) in [6.45, 7) is 4.43. The Hall–Kier alpha value is -2.08. The highest BCUT2D eigenvalue weighted by Gasteiger charge is 2.19. The van der Waals surface area contributed by atoms with Crippen molar-refractivity contribution in [2.75, 3.05) is 17.2 Å². The van der Waals surface area contributed by atoms with E-state index < -0.39 is 0 Å². The highest BCUT2D eigenvalue weighted by atomic mass is 15.3. The van der Waals surface area contributed by atoms with Gasteiger partial charge in [-0.05, 0) is 25.7 Å². The van der Waals surface area contributed by atoms with E-state index in [0.29, 0.717) is 18.6 Å². The van der Waals surface area contributed by atoms with Crippen molar-refractivity contribution in [1.29, 1.82) is 0 Å². The second-order valence-corrected chi connectivity index (χ2v) is 5.56. The van der Waals surface area contributed by atoms with E-state index in [0.717, 1.165) is 42.8 Å². The molecule has 1 saturated carbocycles. The van der Waals surface area contributed by atoms with Crippen LogP contribution < -0.4 is 16.4 Å². The van der Waals surface area contributed by atoms with Gasteiger partial charge in [0, 0.05) is 37.1 Å². The first-order chi connectivity index (χ1) is 10.3. The van der Waals surface area contributed by atoms with Gasteiger partial charge in [0.15, 0.2) is 5.65 Å². The lowest BCUT2D eigenvalue weighted by Gasteiger charge is -2.27. The van der Waals surface area contributed by atoms with Gasteiger partial charge in [0.25, 0.3) is 0 Å². The van der Waals surface area contributed by atoms with Crippen molar-refractivity contribution in [3.8, 4) is 0 Å². The monoisotopic (exact) mass is 286 g/mol. The molecule has 2 aromatic heterocycles. The summed E-state index contributed by atoms with van der Waals surface area (Å²) in [5.41, 5.74) is 7.74. The SMILES string of the molecule is C=CCNc1cc(NC2CCC(N)CC2)nn2ccnc12. The highest BCUT2D eigenvalue weighted by molar-refractivity contribution is 5.70. The minimum Gasteiger partial charge on any atom is -0.378 e. The molecule has 2 heterocycles. The zero-order valence-corrected chi connectivity index (χ0v) is 12.1. The van der Waals surface area contributed by atoms with Crippen LogP contribution in [0.4, 0.5) is 11.5 Å². The zero-order chi connectivity index (χ0) is 14.7. The summed E-state index contributed by atoms with van der Waals surface area (Å²) in [4.78, 5) is 4.33. The molecular weight excluding hydrogens is 264 g/mol. The maximum absolute atomic E-state index is 5.95. The largest absolute Gasteiger partial charge is 0.378 e. The molecule has 0 unspecified atom stereocenters. The Morgan fingerprint density at radius 1 is 1.38 bits per heavy atom. The van der Waals surface area contributed by atoms with Gasteiger partial charge in [-0.25, -0.2) is 9.50 Å². The molecule has 21 heavy (non-hydrogen) atoms. The van der Waals surface area contributed by atoms with Gasteiger partial charge in [0.2, 0.25) is 0 Å². The Bertz CT molecular complexity index is 612. The number of aromatic nitrogens is 3. The number of anilines is 2. The van der Waals surface area contributed by atoms with Crippen LogP contribution in [0, 0.1) is 0 Å². The molecule has 0 atom stereocenters. The molecular formula is C15H22N6. The molecule has 0 bridgehead atoms. The lowest BCUT2D eigenvalue weighted by Crippen LogP contribution is -2.33. The summed E-state index contributed by atoms with van der Waals surface area (Å²) >= 11 is 0. The van der Waals surface area contributed by atoms with Gasteiger partial charge in [0.1, 0.15) is 5.82 Å². The average molecular weight is 286 g/mol. The molecule has 4 N–H and O–H groups in total. The van der Waals surface area contributed by atoms with Crippen LogP contribution in [-0.4, -0.2) is 33.2 Å². The third-order valence-electron chi connectivity index (χ3n) is 3.92. The van der Waals surface area contributed by atoms with Crippen LogP contribution in [0.2, 0.25) is 0 Å². The molecule has 0 saturated heterocycles. The molecule has 0 aromatic carbocycles. The van der Waals surface area contributed by atoms with E-state index in [4.69, 9.17) is 5.73 Å². The molecule has 112 valence electrons. The summed E-state index contributed by atoms with van der Waals surface area (Å²) in [6.07, 6.45) is 9.79. The molecule has 6 heteroatoms. The normalized spacial score (nSPS) is 22.1. The van der Waals surface area contributed by atoms with Crippen LogP contribution in [0.3, 0.4) is 0 Å². The lowest BCUT2D eigenvalue weighted by molar-refractivity contribution is 0.410. The molecule has 0 aliphatic heterocycles. The van der Waals surface area contributed by atoms with Gasteiger partial charge in [-0.1, -0.05) is 6.08 Å².